The van der Waals surface area contributed by atoms with Crippen LogP contribution in [0.15, 0.2) is 11.1 Å². The van der Waals surface area contributed by atoms with Crippen LogP contribution in [0.4, 0.5) is 0 Å². The van der Waals surface area contributed by atoms with Crippen LogP contribution in [-0.4, -0.2) is 21.3 Å². The van der Waals surface area contributed by atoms with Crippen molar-refractivity contribution in [2.45, 2.75) is 51.5 Å². The van der Waals surface area contributed by atoms with Crippen molar-refractivity contribution in [1.82, 2.24) is 9.55 Å². The van der Waals surface area contributed by atoms with E-state index in [-0.39, 0.29) is 18.2 Å². The summed E-state index contributed by atoms with van der Waals surface area (Å²) < 4.78 is 1.61. The summed E-state index contributed by atoms with van der Waals surface area (Å²) in [6, 6.07) is -0.166. The Morgan fingerprint density at radius 2 is 2.20 bits per heavy atom. The van der Waals surface area contributed by atoms with E-state index in [4.69, 9.17) is 0 Å². The highest BCUT2D eigenvalue weighted by Gasteiger charge is 2.20. The predicted molar refractivity (Wildman–Crippen MR) is 81.6 cm³/mol. The molecular weight excluding hydrogens is 272 g/mol. The first-order valence-corrected chi connectivity index (χ1v) is 8.20. The number of nitrogens with zero attached hydrogens (tertiary/aromatic N) is 2. The van der Waals surface area contributed by atoms with E-state index >= 15 is 0 Å². The third kappa shape index (κ3) is 2.19. The van der Waals surface area contributed by atoms with Gasteiger partial charge in [-0.2, -0.15) is 0 Å². The molecule has 0 radical (unpaired) electrons. The van der Waals surface area contributed by atoms with E-state index in [9.17, 15) is 9.90 Å². The van der Waals surface area contributed by atoms with Crippen LogP contribution in [0.1, 0.15) is 49.1 Å². The van der Waals surface area contributed by atoms with Gasteiger partial charge in [-0.15, -0.1) is 11.3 Å². The Morgan fingerprint density at radius 1 is 1.40 bits per heavy atom. The second-order valence-corrected chi connectivity index (χ2v) is 6.53. The zero-order valence-corrected chi connectivity index (χ0v) is 12.6. The SMILES string of the molecule is CC[C@@H](CO)n1cnc2sc3c(c2c1=O)CCCCC3. The molecule has 0 spiro atoms. The number of hydrogen-bond acceptors (Lipinski definition) is 4. The molecule has 0 aliphatic heterocycles. The standard InChI is InChI=1S/C15H20N2O2S/c1-2-10(8-18)17-9-16-14-13(15(17)19)11-6-4-3-5-7-12(11)20-14/h9-10,18H,2-8H2,1H3/t10-/m0/s1. The Bertz CT molecular complexity index is 670. The number of fused-ring (bicyclic) bond motifs is 3. The van der Waals surface area contributed by atoms with Crippen LogP contribution in [0.3, 0.4) is 0 Å². The van der Waals surface area contributed by atoms with Crippen molar-refractivity contribution in [2.75, 3.05) is 6.61 Å². The Morgan fingerprint density at radius 3 is 2.95 bits per heavy atom. The first kappa shape index (κ1) is 13.8. The fourth-order valence-corrected chi connectivity index (χ4v) is 4.23. The highest BCUT2D eigenvalue weighted by Crippen LogP contribution is 2.32. The average Bonchev–Trinajstić information content (AvgIpc) is 2.65. The summed E-state index contributed by atoms with van der Waals surface area (Å²) in [5.74, 6) is 0. The lowest BCUT2D eigenvalue weighted by Gasteiger charge is -2.14. The van der Waals surface area contributed by atoms with Gasteiger partial charge in [0.2, 0.25) is 0 Å². The summed E-state index contributed by atoms with van der Waals surface area (Å²) in [5.41, 5.74) is 1.25. The van der Waals surface area contributed by atoms with Gasteiger partial charge in [0.05, 0.1) is 24.4 Å². The molecule has 0 saturated heterocycles. The lowest BCUT2D eigenvalue weighted by Crippen LogP contribution is -2.27. The minimum Gasteiger partial charge on any atom is -0.394 e. The molecule has 108 valence electrons. The average molecular weight is 292 g/mol. The highest BCUT2D eigenvalue weighted by molar-refractivity contribution is 7.18. The fraction of sp³-hybridized carbons (Fsp3) is 0.600. The van der Waals surface area contributed by atoms with Gasteiger partial charge in [0.15, 0.2) is 0 Å². The number of aryl methyl sites for hydroxylation is 2. The van der Waals surface area contributed by atoms with Crippen molar-refractivity contribution < 1.29 is 5.11 Å². The summed E-state index contributed by atoms with van der Waals surface area (Å²) >= 11 is 1.68. The first-order valence-electron chi connectivity index (χ1n) is 7.38. The number of hydrogen-bond donors (Lipinski definition) is 1. The van der Waals surface area contributed by atoms with Gasteiger partial charge in [-0.3, -0.25) is 9.36 Å². The fourth-order valence-electron chi connectivity index (χ4n) is 3.01. The molecule has 1 aliphatic carbocycles. The summed E-state index contributed by atoms with van der Waals surface area (Å²) in [7, 11) is 0. The number of aliphatic hydroxyl groups is 1. The summed E-state index contributed by atoms with van der Waals surface area (Å²) in [6.07, 6.45) is 8.01. The summed E-state index contributed by atoms with van der Waals surface area (Å²) in [4.78, 5) is 19.4. The lowest BCUT2D eigenvalue weighted by molar-refractivity contribution is 0.221. The minimum atomic E-state index is -0.166. The van der Waals surface area contributed by atoms with E-state index in [1.165, 1.54) is 23.3 Å². The molecule has 4 nitrogen and oxygen atoms in total. The second kappa shape index (κ2) is 5.66. The van der Waals surface area contributed by atoms with Gasteiger partial charge in [-0.05, 0) is 37.7 Å². The van der Waals surface area contributed by atoms with Crippen LogP contribution < -0.4 is 5.56 Å². The number of rotatable bonds is 3. The molecule has 20 heavy (non-hydrogen) atoms. The molecule has 2 heterocycles. The molecular formula is C15H20N2O2S. The molecule has 1 N–H and O–H groups in total. The van der Waals surface area contributed by atoms with Gasteiger partial charge >= 0.3 is 0 Å². The Labute approximate surface area is 122 Å². The van der Waals surface area contributed by atoms with Crippen LogP contribution in [0.25, 0.3) is 10.2 Å². The van der Waals surface area contributed by atoms with Gasteiger partial charge < -0.3 is 5.11 Å². The van der Waals surface area contributed by atoms with Crippen molar-refractivity contribution in [3.8, 4) is 0 Å². The van der Waals surface area contributed by atoms with Crippen LogP contribution in [0.2, 0.25) is 0 Å². The largest absolute Gasteiger partial charge is 0.394 e. The predicted octanol–water partition coefficient (Wildman–Crippen LogP) is 2.67. The second-order valence-electron chi connectivity index (χ2n) is 5.45. The summed E-state index contributed by atoms with van der Waals surface area (Å²) in [5, 5.41) is 10.2. The maximum Gasteiger partial charge on any atom is 0.262 e. The van der Waals surface area contributed by atoms with Crippen LogP contribution in [0.5, 0.6) is 0 Å². The zero-order chi connectivity index (χ0) is 14.1. The van der Waals surface area contributed by atoms with E-state index in [0.29, 0.717) is 0 Å². The quantitative estimate of drug-likeness (QED) is 0.885. The number of aliphatic hydroxyl groups excluding tert-OH is 1. The molecule has 0 bridgehead atoms. The molecule has 0 aromatic carbocycles. The Hall–Kier alpha value is -1.20. The summed E-state index contributed by atoms with van der Waals surface area (Å²) in [6.45, 7) is 1.96. The highest BCUT2D eigenvalue weighted by atomic mass is 32.1. The topological polar surface area (TPSA) is 55.1 Å². The molecule has 2 aromatic heterocycles. The molecule has 5 heteroatoms. The van der Waals surface area contributed by atoms with E-state index in [1.54, 1.807) is 22.2 Å². The molecule has 0 amide bonds. The monoisotopic (exact) mass is 292 g/mol. The first-order chi connectivity index (χ1) is 9.76. The van der Waals surface area contributed by atoms with Crippen molar-refractivity contribution in [1.29, 1.82) is 0 Å². The molecule has 1 atom stereocenters. The maximum atomic E-state index is 12.8. The van der Waals surface area contributed by atoms with Crippen molar-refractivity contribution in [2.24, 2.45) is 0 Å². The number of aromatic nitrogens is 2. The van der Waals surface area contributed by atoms with E-state index in [2.05, 4.69) is 4.98 Å². The van der Waals surface area contributed by atoms with Crippen LogP contribution >= 0.6 is 11.3 Å². The maximum absolute atomic E-state index is 12.8. The third-order valence-electron chi connectivity index (χ3n) is 4.23. The van der Waals surface area contributed by atoms with Gasteiger partial charge in [-0.1, -0.05) is 13.3 Å². The Balaban J connectivity index is 2.21. The van der Waals surface area contributed by atoms with Gasteiger partial charge in [-0.25, -0.2) is 4.98 Å². The van der Waals surface area contributed by atoms with Gasteiger partial charge in [0.25, 0.3) is 5.56 Å². The molecule has 3 rings (SSSR count). The van der Waals surface area contributed by atoms with Gasteiger partial charge in [0.1, 0.15) is 4.83 Å². The van der Waals surface area contributed by atoms with Crippen molar-refractivity contribution in [3.63, 3.8) is 0 Å². The third-order valence-corrected chi connectivity index (χ3v) is 5.43. The normalized spacial score (nSPS) is 16.9. The van der Waals surface area contributed by atoms with E-state index in [1.807, 2.05) is 6.92 Å². The van der Waals surface area contributed by atoms with Crippen LogP contribution in [-0.2, 0) is 12.8 Å². The molecule has 0 unspecified atom stereocenters. The van der Waals surface area contributed by atoms with Crippen LogP contribution in [0, 0.1) is 0 Å². The van der Waals surface area contributed by atoms with Crippen molar-refractivity contribution >= 4 is 21.6 Å². The Kier molecular flexibility index (Phi) is 3.89. The molecule has 0 saturated carbocycles. The van der Waals surface area contributed by atoms with Gasteiger partial charge in [0, 0.05) is 4.88 Å². The van der Waals surface area contributed by atoms with E-state index < -0.39 is 0 Å². The minimum absolute atomic E-state index is 0.0179. The molecule has 0 fully saturated rings. The zero-order valence-electron chi connectivity index (χ0n) is 11.8. The molecule has 1 aliphatic rings. The van der Waals surface area contributed by atoms with Crippen molar-refractivity contribution in [3.05, 3.63) is 27.1 Å². The van der Waals surface area contributed by atoms with E-state index in [0.717, 1.165) is 35.9 Å². The number of thiophene rings is 1. The lowest BCUT2D eigenvalue weighted by atomic mass is 10.1. The smallest absolute Gasteiger partial charge is 0.262 e. The molecule has 2 aromatic rings.